The van der Waals surface area contributed by atoms with E-state index < -0.39 is 5.60 Å². The summed E-state index contributed by atoms with van der Waals surface area (Å²) in [7, 11) is 0. The van der Waals surface area contributed by atoms with Gasteiger partial charge in [0.25, 0.3) is 0 Å². The van der Waals surface area contributed by atoms with E-state index in [0.717, 1.165) is 0 Å². The van der Waals surface area contributed by atoms with Gasteiger partial charge in [-0.25, -0.2) is 0 Å². The Bertz CT molecular complexity index is 226. The monoisotopic (exact) mass is 152 g/mol. The van der Waals surface area contributed by atoms with Gasteiger partial charge in [-0.05, 0) is 25.2 Å². The van der Waals surface area contributed by atoms with Crippen molar-refractivity contribution in [2.24, 2.45) is 0 Å². The molecule has 1 atom stereocenters. The highest BCUT2D eigenvalue weighted by molar-refractivity contribution is 5.27. The van der Waals surface area contributed by atoms with Gasteiger partial charge in [-0.15, -0.1) is 0 Å². The average Bonchev–Trinajstić information content (AvgIpc) is 1.97. The molecule has 2 heteroatoms. The third-order valence-corrected chi connectivity index (χ3v) is 1.64. The second-order valence-electron chi connectivity index (χ2n) is 2.66. The first kappa shape index (κ1) is 8.08. The average molecular weight is 152 g/mol. The molecule has 0 radical (unpaired) electrons. The van der Waals surface area contributed by atoms with E-state index in [4.69, 9.17) is 5.11 Å². The lowest BCUT2D eigenvalue weighted by Crippen LogP contribution is -2.23. The van der Waals surface area contributed by atoms with Gasteiger partial charge in [0.15, 0.2) is 0 Å². The van der Waals surface area contributed by atoms with Crippen molar-refractivity contribution in [3.8, 4) is 0 Å². The molecule has 0 saturated carbocycles. The Balaban J connectivity index is 2.74. The fraction of sp³-hybridized carbons (Fsp3) is 0.333. The molecule has 0 heterocycles. The SMILES string of the molecule is CC=CC1(O)C=CC(O)=CC1. The Hall–Kier alpha value is -1.02. The lowest BCUT2D eigenvalue weighted by Gasteiger charge is -2.21. The van der Waals surface area contributed by atoms with Gasteiger partial charge in [0.2, 0.25) is 0 Å². The van der Waals surface area contributed by atoms with Gasteiger partial charge in [0.1, 0.15) is 11.4 Å². The Labute approximate surface area is 66.2 Å². The molecule has 2 N–H and O–H groups in total. The van der Waals surface area contributed by atoms with Crippen molar-refractivity contribution in [2.45, 2.75) is 18.9 Å². The number of aliphatic hydroxyl groups excluding tert-OH is 1. The maximum absolute atomic E-state index is 9.66. The number of hydrogen-bond donors (Lipinski definition) is 2. The molecule has 2 nitrogen and oxygen atoms in total. The van der Waals surface area contributed by atoms with Gasteiger partial charge < -0.3 is 10.2 Å². The van der Waals surface area contributed by atoms with E-state index in [2.05, 4.69) is 0 Å². The van der Waals surface area contributed by atoms with E-state index in [0.29, 0.717) is 6.42 Å². The van der Waals surface area contributed by atoms with Crippen LogP contribution >= 0.6 is 0 Å². The first-order valence-electron chi connectivity index (χ1n) is 3.61. The summed E-state index contributed by atoms with van der Waals surface area (Å²) in [5.41, 5.74) is -0.888. The van der Waals surface area contributed by atoms with Crippen molar-refractivity contribution in [2.75, 3.05) is 0 Å². The summed E-state index contributed by atoms with van der Waals surface area (Å²) in [5, 5.41) is 18.6. The zero-order valence-electron chi connectivity index (χ0n) is 6.49. The van der Waals surface area contributed by atoms with Crippen LogP contribution in [0, 0.1) is 0 Å². The van der Waals surface area contributed by atoms with Crippen LogP contribution in [0.4, 0.5) is 0 Å². The zero-order chi connectivity index (χ0) is 8.32. The fourth-order valence-corrected chi connectivity index (χ4v) is 1.05. The summed E-state index contributed by atoms with van der Waals surface area (Å²) in [5.74, 6) is 0.221. The van der Waals surface area contributed by atoms with Crippen molar-refractivity contribution in [3.63, 3.8) is 0 Å². The summed E-state index contributed by atoms with van der Waals surface area (Å²) < 4.78 is 0. The minimum Gasteiger partial charge on any atom is -0.508 e. The van der Waals surface area contributed by atoms with Crippen LogP contribution < -0.4 is 0 Å². The number of allylic oxidation sites excluding steroid dienone is 2. The van der Waals surface area contributed by atoms with Crippen LogP contribution in [-0.2, 0) is 0 Å². The first-order valence-corrected chi connectivity index (χ1v) is 3.61. The summed E-state index contributed by atoms with van der Waals surface area (Å²) in [4.78, 5) is 0. The second-order valence-corrected chi connectivity index (χ2v) is 2.66. The van der Waals surface area contributed by atoms with E-state index in [1.807, 2.05) is 6.92 Å². The van der Waals surface area contributed by atoms with E-state index in [1.54, 1.807) is 24.3 Å². The van der Waals surface area contributed by atoms with Crippen molar-refractivity contribution < 1.29 is 10.2 Å². The smallest absolute Gasteiger partial charge is 0.111 e. The Morgan fingerprint density at radius 3 is 2.82 bits per heavy atom. The van der Waals surface area contributed by atoms with Gasteiger partial charge in [0.05, 0.1) is 0 Å². The Morgan fingerprint density at radius 1 is 1.64 bits per heavy atom. The molecule has 11 heavy (non-hydrogen) atoms. The molecule has 0 aromatic heterocycles. The number of aliphatic hydroxyl groups is 2. The van der Waals surface area contributed by atoms with E-state index in [-0.39, 0.29) is 5.76 Å². The molecule has 0 spiro atoms. The minimum absolute atomic E-state index is 0.221. The predicted octanol–water partition coefficient (Wildman–Crippen LogP) is 1.70. The lowest BCUT2D eigenvalue weighted by molar-refractivity contribution is 0.142. The largest absolute Gasteiger partial charge is 0.508 e. The molecular formula is C9H12O2. The molecule has 1 aliphatic carbocycles. The molecule has 0 bridgehead atoms. The fourth-order valence-electron chi connectivity index (χ4n) is 1.05. The molecule has 0 fully saturated rings. The van der Waals surface area contributed by atoms with Gasteiger partial charge in [-0.1, -0.05) is 12.2 Å². The van der Waals surface area contributed by atoms with Crippen molar-refractivity contribution in [3.05, 3.63) is 36.1 Å². The lowest BCUT2D eigenvalue weighted by atomic mass is 9.94. The van der Waals surface area contributed by atoms with Crippen LogP contribution in [-0.4, -0.2) is 15.8 Å². The normalized spacial score (nSPS) is 30.9. The number of rotatable bonds is 1. The molecular weight excluding hydrogens is 140 g/mol. The second kappa shape index (κ2) is 2.93. The van der Waals surface area contributed by atoms with Gasteiger partial charge in [-0.3, -0.25) is 0 Å². The molecule has 60 valence electrons. The van der Waals surface area contributed by atoms with Crippen molar-refractivity contribution in [1.82, 2.24) is 0 Å². The van der Waals surface area contributed by atoms with Crippen LogP contribution in [0.15, 0.2) is 36.1 Å². The molecule has 0 aromatic carbocycles. The first-order chi connectivity index (χ1) is 5.16. The topological polar surface area (TPSA) is 40.5 Å². The molecule has 0 aliphatic heterocycles. The summed E-state index contributed by atoms with van der Waals surface area (Å²) in [6.07, 6.45) is 8.62. The van der Waals surface area contributed by atoms with Gasteiger partial charge in [-0.2, -0.15) is 0 Å². The third-order valence-electron chi connectivity index (χ3n) is 1.64. The van der Waals surface area contributed by atoms with Crippen molar-refractivity contribution in [1.29, 1.82) is 0 Å². The molecule has 1 aliphatic rings. The highest BCUT2D eigenvalue weighted by Gasteiger charge is 2.20. The molecule has 0 aromatic rings. The molecule has 1 unspecified atom stereocenters. The van der Waals surface area contributed by atoms with E-state index in [1.165, 1.54) is 6.08 Å². The van der Waals surface area contributed by atoms with Crippen LogP contribution in [0.5, 0.6) is 0 Å². The van der Waals surface area contributed by atoms with E-state index in [9.17, 15) is 5.11 Å². The number of hydrogen-bond acceptors (Lipinski definition) is 2. The maximum Gasteiger partial charge on any atom is 0.111 e. The van der Waals surface area contributed by atoms with Crippen LogP contribution in [0.25, 0.3) is 0 Å². The summed E-state index contributed by atoms with van der Waals surface area (Å²) >= 11 is 0. The van der Waals surface area contributed by atoms with Crippen LogP contribution in [0.2, 0.25) is 0 Å². The summed E-state index contributed by atoms with van der Waals surface area (Å²) in [6, 6.07) is 0. The standard InChI is InChI=1S/C9H12O2/c1-2-5-9(11)6-3-8(10)4-7-9/h2-6,10-11H,7H2,1H3. The zero-order valence-corrected chi connectivity index (χ0v) is 6.49. The van der Waals surface area contributed by atoms with Gasteiger partial charge >= 0.3 is 0 Å². The predicted molar refractivity (Wildman–Crippen MR) is 44.2 cm³/mol. The van der Waals surface area contributed by atoms with Crippen LogP contribution in [0.3, 0.4) is 0 Å². The molecule has 1 rings (SSSR count). The van der Waals surface area contributed by atoms with Crippen molar-refractivity contribution >= 4 is 0 Å². The van der Waals surface area contributed by atoms with E-state index >= 15 is 0 Å². The van der Waals surface area contributed by atoms with Crippen LogP contribution in [0.1, 0.15) is 13.3 Å². The highest BCUT2D eigenvalue weighted by atomic mass is 16.3. The molecule has 0 amide bonds. The molecule has 0 saturated heterocycles. The summed E-state index contributed by atoms with van der Waals surface area (Å²) in [6.45, 7) is 1.85. The highest BCUT2D eigenvalue weighted by Crippen LogP contribution is 2.20. The Kier molecular flexibility index (Phi) is 2.15. The third kappa shape index (κ3) is 1.95. The Morgan fingerprint density at radius 2 is 2.36 bits per heavy atom. The quantitative estimate of drug-likeness (QED) is 0.561. The minimum atomic E-state index is -0.888. The maximum atomic E-state index is 9.66. The van der Waals surface area contributed by atoms with Gasteiger partial charge in [0, 0.05) is 6.42 Å².